The smallest absolute Gasteiger partial charge is 0.317 e. The molecule has 2 aromatic rings. The number of halogens is 1. The average molecular weight is 403 g/mol. The zero-order valence-corrected chi connectivity index (χ0v) is 16.1. The van der Waals surface area contributed by atoms with Crippen molar-refractivity contribution in [3.63, 3.8) is 0 Å². The predicted octanol–water partition coefficient (Wildman–Crippen LogP) is 3.95. The van der Waals surface area contributed by atoms with Gasteiger partial charge in [-0.05, 0) is 37.1 Å². The van der Waals surface area contributed by atoms with E-state index in [4.69, 9.17) is 11.6 Å². The third-order valence-electron chi connectivity index (χ3n) is 5.18. The minimum Gasteiger partial charge on any atom is -0.480 e. The van der Waals surface area contributed by atoms with Crippen LogP contribution in [-0.4, -0.2) is 32.8 Å². The molecule has 8 heteroatoms. The number of likely N-dealkylation sites (tertiary alicyclic amines) is 1. The molecule has 1 aliphatic rings. The van der Waals surface area contributed by atoms with Crippen molar-refractivity contribution in [1.29, 1.82) is 0 Å². The largest absolute Gasteiger partial charge is 0.480 e. The van der Waals surface area contributed by atoms with E-state index in [-0.39, 0.29) is 24.1 Å². The Morgan fingerprint density at radius 1 is 1.21 bits per heavy atom. The van der Waals surface area contributed by atoms with Gasteiger partial charge >= 0.3 is 5.97 Å². The van der Waals surface area contributed by atoms with Crippen molar-refractivity contribution >= 4 is 29.2 Å². The van der Waals surface area contributed by atoms with Gasteiger partial charge in [0.15, 0.2) is 0 Å². The molecule has 0 saturated carbocycles. The minimum absolute atomic E-state index is 0.141. The van der Waals surface area contributed by atoms with E-state index in [9.17, 15) is 24.8 Å². The number of carbonyl (C=O) groups is 2. The Labute approximate surface area is 166 Å². The lowest BCUT2D eigenvalue weighted by Gasteiger charge is -2.37. The summed E-state index contributed by atoms with van der Waals surface area (Å²) in [4.78, 5) is 37.4. The molecule has 0 bridgehead atoms. The summed E-state index contributed by atoms with van der Waals surface area (Å²) >= 11 is 5.98. The van der Waals surface area contributed by atoms with E-state index in [0.29, 0.717) is 16.1 Å². The van der Waals surface area contributed by atoms with Gasteiger partial charge in [0.25, 0.3) is 5.69 Å². The summed E-state index contributed by atoms with van der Waals surface area (Å²) in [6, 6.07) is 11.1. The SMILES string of the molecule is CC(C)N1C(=O)C[C@@](C(=O)O)(c2ccc([N+](=O)[O-])cc2)[C@H]1c1ccc(Cl)cc1. The van der Waals surface area contributed by atoms with Crippen molar-refractivity contribution < 1.29 is 19.6 Å². The molecule has 0 spiro atoms. The van der Waals surface area contributed by atoms with E-state index in [2.05, 4.69) is 0 Å². The number of amides is 1. The van der Waals surface area contributed by atoms with E-state index in [0.717, 1.165) is 0 Å². The second kappa shape index (κ2) is 7.24. The van der Waals surface area contributed by atoms with Crippen LogP contribution in [0, 0.1) is 10.1 Å². The molecule has 146 valence electrons. The Morgan fingerprint density at radius 2 is 1.79 bits per heavy atom. The van der Waals surface area contributed by atoms with Crippen molar-refractivity contribution in [2.45, 2.75) is 37.8 Å². The van der Waals surface area contributed by atoms with Crippen molar-refractivity contribution in [3.8, 4) is 0 Å². The fourth-order valence-electron chi connectivity index (χ4n) is 3.94. The molecular weight excluding hydrogens is 384 g/mol. The zero-order chi connectivity index (χ0) is 20.6. The number of non-ortho nitro benzene ring substituents is 1. The summed E-state index contributed by atoms with van der Waals surface area (Å²) in [5.41, 5.74) is -0.714. The molecule has 1 N–H and O–H groups in total. The third-order valence-corrected chi connectivity index (χ3v) is 5.43. The van der Waals surface area contributed by atoms with Gasteiger partial charge in [-0.2, -0.15) is 0 Å². The Kier molecular flexibility index (Phi) is 5.12. The van der Waals surface area contributed by atoms with Gasteiger partial charge < -0.3 is 10.0 Å². The highest BCUT2D eigenvalue weighted by molar-refractivity contribution is 6.30. The van der Waals surface area contributed by atoms with Gasteiger partial charge in [-0.25, -0.2) is 0 Å². The maximum atomic E-state index is 12.9. The van der Waals surface area contributed by atoms with Crippen LogP contribution >= 0.6 is 11.6 Å². The van der Waals surface area contributed by atoms with Crippen LogP contribution < -0.4 is 0 Å². The number of rotatable bonds is 5. The third kappa shape index (κ3) is 3.11. The van der Waals surface area contributed by atoms with Crippen molar-refractivity contribution in [1.82, 2.24) is 4.90 Å². The number of benzene rings is 2. The second-order valence-corrected chi connectivity index (χ2v) is 7.54. The summed E-state index contributed by atoms with van der Waals surface area (Å²) in [6.07, 6.45) is -0.231. The Balaban J connectivity index is 2.24. The van der Waals surface area contributed by atoms with E-state index < -0.39 is 22.3 Å². The van der Waals surface area contributed by atoms with Gasteiger partial charge in [-0.15, -0.1) is 0 Å². The highest BCUT2D eigenvalue weighted by Gasteiger charge is 2.59. The Morgan fingerprint density at radius 3 is 2.25 bits per heavy atom. The fraction of sp³-hybridized carbons (Fsp3) is 0.300. The Hall–Kier alpha value is -2.93. The monoisotopic (exact) mass is 402 g/mol. The van der Waals surface area contributed by atoms with Gasteiger partial charge in [0.1, 0.15) is 5.41 Å². The van der Waals surface area contributed by atoms with E-state index in [1.54, 1.807) is 29.2 Å². The van der Waals surface area contributed by atoms with Gasteiger partial charge in [0.2, 0.25) is 5.91 Å². The van der Waals surface area contributed by atoms with Crippen molar-refractivity contribution in [2.24, 2.45) is 0 Å². The standard InChI is InChI=1S/C20H19ClN2O5/c1-12(2)22-17(24)11-20(19(25)26,14-5-9-16(10-6-14)23(27)28)18(22)13-3-7-15(21)8-4-13/h3-10,12,18H,11H2,1-2H3,(H,25,26)/t18-,20-/m1/s1. The average Bonchev–Trinajstić information content (AvgIpc) is 2.97. The molecule has 7 nitrogen and oxygen atoms in total. The molecule has 1 aliphatic heterocycles. The molecule has 2 atom stereocenters. The first-order chi connectivity index (χ1) is 13.2. The van der Waals surface area contributed by atoms with Gasteiger partial charge in [-0.3, -0.25) is 19.7 Å². The van der Waals surface area contributed by atoms with Gasteiger partial charge in [-0.1, -0.05) is 35.9 Å². The molecule has 0 aromatic heterocycles. The van der Waals surface area contributed by atoms with Crippen LogP contribution in [0.4, 0.5) is 5.69 Å². The minimum atomic E-state index is -1.57. The number of nitro groups is 1. The normalized spacial score (nSPS) is 21.9. The van der Waals surface area contributed by atoms with E-state index >= 15 is 0 Å². The van der Waals surface area contributed by atoms with Crippen molar-refractivity contribution in [3.05, 3.63) is 74.8 Å². The first kappa shape index (κ1) is 19.8. The molecule has 1 amide bonds. The molecule has 1 fully saturated rings. The van der Waals surface area contributed by atoms with Crippen LogP contribution in [0.1, 0.15) is 37.4 Å². The highest BCUT2D eigenvalue weighted by Crippen LogP contribution is 2.51. The molecule has 3 rings (SSSR count). The first-order valence-electron chi connectivity index (χ1n) is 8.73. The first-order valence-corrected chi connectivity index (χ1v) is 9.11. The number of nitro benzene ring substituents is 1. The highest BCUT2D eigenvalue weighted by atomic mass is 35.5. The molecule has 1 heterocycles. The second-order valence-electron chi connectivity index (χ2n) is 7.11. The molecular formula is C20H19ClN2O5. The summed E-state index contributed by atoms with van der Waals surface area (Å²) in [7, 11) is 0. The predicted molar refractivity (Wildman–Crippen MR) is 103 cm³/mol. The molecule has 2 aromatic carbocycles. The molecule has 0 radical (unpaired) electrons. The lowest BCUT2D eigenvalue weighted by molar-refractivity contribution is -0.384. The van der Waals surface area contributed by atoms with Crippen LogP contribution in [0.2, 0.25) is 5.02 Å². The number of hydrogen-bond acceptors (Lipinski definition) is 4. The number of aliphatic carboxylic acids is 1. The molecule has 1 saturated heterocycles. The number of carboxylic acid groups (broad SMARTS) is 1. The molecule has 0 unspecified atom stereocenters. The van der Waals surface area contributed by atoms with Crippen LogP contribution in [0.15, 0.2) is 48.5 Å². The molecule has 0 aliphatic carbocycles. The van der Waals surface area contributed by atoms with Gasteiger partial charge in [0.05, 0.1) is 11.0 Å². The summed E-state index contributed by atoms with van der Waals surface area (Å²) in [6.45, 7) is 3.66. The lowest BCUT2D eigenvalue weighted by Crippen LogP contribution is -2.44. The van der Waals surface area contributed by atoms with E-state index in [1.165, 1.54) is 24.3 Å². The summed E-state index contributed by atoms with van der Waals surface area (Å²) < 4.78 is 0. The maximum absolute atomic E-state index is 12.9. The number of hydrogen-bond donors (Lipinski definition) is 1. The van der Waals surface area contributed by atoms with Crippen LogP contribution in [0.25, 0.3) is 0 Å². The maximum Gasteiger partial charge on any atom is 0.317 e. The fourth-order valence-corrected chi connectivity index (χ4v) is 4.07. The van der Waals surface area contributed by atoms with Crippen LogP contribution in [-0.2, 0) is 15.0 Å². The quantitative estimate of drug-likeness (QED) is 0.602. The number of carboxylic acids is 1. The number of nitrogens with zero attached hydrogens (tertiary/aromatic N) is 2. The zero-order valence-electron chi connectivity index (χ0n) is 15.3. The van der Waals surface area contributed by atoms with Gasteiger partial charge in [0, 0.05) is 29.6 Å². The molecule has 28 heavy (non-hydrogen) atoms. The Bertz CT molecular complexity index is 927. The van der Waals surface area contributed by atoms with Crippen molar-refractivity contribution in [2.75, 3.05) is 0 Å². The van der Waals surface area contributed by atoms with E-state index in [1.807, 2.05) is 13.8 Å². The van der Waals surface area contributed by atoms with Crippen LogP contribution in [0.3, 0.4) is 0 Å². The summed E-state index contributed by atoms with van der Waals surface area (Å²) in [5, 5.41) is 21.7. The lowest BCUT2D eigenvalue weighted by atomic mass is 9.71. The topological polar surface area (TPSA) is 101 Å². The number of carbonyl (C=O) groups excluding carboxylic acids is 1. The van der Waals surface area contributed by atoms with Crippen LogP contribution in [0.5, 0.6) is 0 Å². The summed E-state index contributed by atoms with van der Waals surface area (Å²) in [5.74, 6) is -1.44.